The molecule has 33 heavy (non-hydrogen) atoms. The summed E-state index contributed by atoms with van der Waals surface area (Å²) in [6, 6.07) is 13.1. The van der Waals surface area contributed by atoms with Crippen LogP contribution in [0, 0.1) is 10.1 Å². The molecule has 2 fully saturated rings. The Morgan fingerprint density at radius 3 is 2.33 bits per heavy atom. The van der Waals surface area contributed by atoms with Crippen molar-refractivity contribution >= 4 is 23.0 Å². The van der Waals surface area contributed by atoms with E-state index in [9.17, 15) is 14.9 Å². The number of hydrogen-bond donors (Lipinski definition) is 0. The number of rotatable bonds is 7. The summed E-state index contributed by atoms with van der Waals surface area (Å²) in [5, 5.41) is 11.5. The number of carbonyl (C=O) groups is 1. The lowest BCUT2D eigenvalue weighted by Gasteiger charge is -2.36. The highest BCUT2D eigenvalue weighted by molar-refractivity contribution is 5.78. The van der Waals surface area contributed by atoms with Gasteiger partial charge in [0.25, 0.3) is 11.6 Å². The van der Waals surface area contributed by atoms with Gasteiger partial charge in [-0.25, -0.2) is 0 Å². The molecule has 0 aromatic heterocycles. The van der Waals surface area contributed by atoms with Crippen LogP contribution in [0.15, 0.2) is 42.5 Å². The Balaban J connectivity index is 1.34. The van der Waals surface area contributed by atoms with Crippen molar-refractivity contribution in [3.05, 3.63) is 58.1 Å². The first kappa shape index (κ1) is 22.8. The lowest BCUT2D eigenvalue weighted by Crippen LogP contribution is -2.50. The van der Waals surface area contributed by atoms with Gasteiger partial charge in [0.2, 0.25) is 0 Å². The van der Waals surface area contributed by atoms with Crippen molar-refractivity contribution in [2.45, 2.75) is 13.3 Å². The number of nitro benzene ring substituents is 1. The highest BCUT2D eigenvalue weighted by Crippen LogP contribution is 2.33. The first-order chi connectivity index (χ1) is 16.0. The number of ether oxygens (including phenoxy) is 2. The van der Waals surface area contributed by atoms with E-state index in [1.54, 1.807) is 12.1 Å². The van der Waals surface area contributed by atoms with Crippen LogP contribution >= 0.6 is 0 Å². The summed E-state index contributed by atoms with van der Waals surface area (Å²) in [6.45, 7) is 7.00. The number of nitro groups is 1. The second kappa shape index (κ2) is 10.5. The van der Waals surface area contributed by atoms with Crippen LogP contribution in [0.25, 0.3) is 0 Å². The van der Waals surface area contributed by atoms with E-state index in [2.05, 4.69) is 11.8 Å². The maximum Gasteiger partial charge on any atom is 0.292 e. The first-order valence-electron chi connectivity index (χ1n) is 11.4. The van der Waals surface area contributed by atoms with Crippen molar-refractivity contribution in [3.8, 4) is 5.75 Å². The van der Waals surface area contributed by atoms with Gasteiger partial charge >= 0.3 is 0 Å². The number of aryl methyl sites for hydroxylation is 1. The third kappa shape index (κ3) is 5.54. The summed E-state index contributed by atoms with van der Waals surface area (Å²) in [5.74, 6) is 0.660. The van der Waals surface area contributed by atoms with Crippen LogP contribution in [-0.2, 0) is 16.0 Å². The van der Waals surface area contributed by atoms with E-state index < -0.39 is 0 Å². The van der Waals surface area contributed by atoms with Crippen LogP contribution in [-0.4, -0.2) is 74.8 Å². The number of benzene rings is 2. The van der Waals surface area contributed by atoms with E-state index in [1.807, 2.05) is 40.1 Å². The quantitative estimate of drug-likeness (QED) is 0.469. The molecule has 2 heterocycles. The molecule has 0 unspecified atom stereocenters. The second-order valence-electron chi connectivity index (χ2n) is 8.18. The van der Waals surface area contributed by atoms with E-state index in [4.69, 9.17) is 9.47 Å². The molecule has 2 aromatic rings. The van der Waals surface area contributed by atoms with Crippen LogP contribution in [0.1, 0.15) is 12.5 Å². The fraction of sp³-hybridized carbons (Fsp3) is 0.458. The molecule has 2 saturated heterocycles. The predicted molar refractivity (Wildman–Crippen MR) is 126 cm³/mol. The Labute approximate surface area is 193 Å². The molecule has 1 amide bonds. The molecular formula is C24H30N4O5. The standard InChI is InChI=1S/C24H30N4O5/c1-2-19-3-6-21(7-4-19)33-18-24(29)27-11-9-25(10-12-27)20-5-8-22(28(30)31)23(17-20)26-13-15-32-16-14-26/h3-8,17H,2,9-16,18H2,1H3. The molecule has 176 valence electrons. The lowest BCUT2D eigenvalue weighted by atomic mass is 10.1. The van der Waals surface area contributed by atoms with Crippen molar-refractivity contribution in [1.82, 2.24) is 4.90 Å². The summed E-state index contributed by atoms with van der Waals surface area (Å²) in [5.41, 5.74) is 2.90. The summed E-state index contributed by atoms with van der Waals surface area (Å²) >= 11 is 0. The predicted octanol–water partition coefficient (Wildman–Crippen LogP) is 2.72. The van der Waals surface area contributed by atoms with Gasteiger partial charge in [-0.2, -0.15) is 0 Å². The van der Waals surface area contributed by atoms with Crippen LogP contribution < -0.4 is 14.5 Å². The number of carbonyl (C=O) groups excluding carboxylic acids is 1. The van der Waals surface area contributed by atoms with Gasteiger partial charge in [0.15, 0.2) is 6.61 Å². The Kier molecular flexibility index (Phi) is 7.29. The third-order valence-electron chi connectivity index (χ3n) is 6.20. The molecule has 0 atom stereocenters. The zero-order valence-corrected chi connectivity index (χ0v) is 18.9. The van der Waals surface area contributed by atoms with E-state index >= 15 is 0 Å². The van der Waals surface area contributed by atoms with Crippen molar-refractivity contribution in [3.63, 3.8) is 0 Å². The van der Waals surface area contributed by atoms with Crippen molar-refractivity contribution in [2.24, 2.45) is 0 Å². The minimum atomic E-state index is -0.332. The molecule has 2 aliphatic heterocycles. The minimum absolute atomic E-state index is 0.0180. The first-order valence-corrected chi connectivity index (χ1v) is 11.4. The van der Waals surface area contributed by atoms with E-state index in [-0.39, 0.29) is 23.1 Å². The molecule has 0 N–H and O–H groups in total. The summed E-state index contributed by atoms with van der Waals surface area (Å²) in [7, 11) is 0. The number of amides is 1. The minimum Gasteiger partial charge on any atom is -0.484 e. The van der Waals surface area contributed by atoms with Gasteiger partial charge in [-0.1, -0.05) is 19.1 Å². The van der Waals surface area contributed by atoms with Crippen molar-refractivity contribution < 1.29 is 19.2 Å². The van der Waals surface area contributed by atoms with Crippen LogP contribution in [0.4, 0.5) is 17.1 Å². The van der Waals surface area contributed by atoms with E-state index in [0.29, 0.717) is 63.9 Å². The van der Waals surface area contributed by atoms with Gasteiger partial charge in [0.1, 0.15) is 11.4 Å². The molecule has 0 aliphatic carbocycles. The van der Waals surface area contributed by atoms with E-state index in [1.165, 1.54) is 5.56 Å². The van der Waals surface area contributed by atoms with Gasteiger partial charge in [-0.3, -0.25) is 14.9 Å². The number of nitrogens with zero attached hydrogens (tertiary/aromatic N) is 4. The monoisotopic (exact) mass is 454 g/mol. The molecule has 0 spiro atoms. The molecule has 0 bridgehead atoms. The molecule has 2 aromatic carbocycles. The van der Waals surface area contributed by atoms with Crippen LogP contribution in [0.3, 0.4) is 0 Å². The molecule has 9 heteroatoms. The number of morpholine rings is 1. The van der Waals surface area contributed by atoms with Crippen LogP contribution in [0.2, 0.25) is 0 Å². The SMILES string of the molecule is CCc1ccc(OCC(=O)N2CCN(c3ccc([N+](=O)[O-])c(N4CCOCC4)c3)CC2)cc1. The third-order valence-corrected chi connectivity index (χ3v) is 6.20. The number of piperazine rings is 1. The maximum atomic E-state index is 12.6. The number of hydrogen-bond acceptors (Lipinski definition) is 7. The molecule has 9 nitrogen and oxygen atoms in total. The molecule has 2 aliphatic rings. The van der Waals surface area contributed by atoms with Crippen molar-refractivity contribution in [1.29, 1.82) is 0 Å². The van der Waals surface area contributed by atoms with Gasteiger partial charge in [0, 0.05) is 51.0 Å². The smallest absolute Gasteiger partial charge is 0.292 e. The lowest BCUT2D eigenvalue weighted by molar-refractivity contribution is -0.384. The Morgan fingerprint density at radius 2 is 1.70 bits per heavy atom. The van der Waals surface area contributed by atoms with E-state index in [0.717, 1.165) is 12.1 Å². The zero-order chi connectivity index (χ0) is 23.2. The largest absolute Gasteiger partial charge is 0.484 e. The molecule has 0 saturated carbocycles. The highest BCUT2D eigenvalue weighted by atomic mass is 16.6. The molecule has 0 radical (unpaired) electrons. The molecular weight excluding hydrogens is 424 g/mol. The van der Waals surface area contributed by atoms with Gasteiger partial charge < -0.3 is 24.2 Å². The average Bonchev–Trinajstić information content (AvgIpc) is 2.87. The fourth-order valence-electron chi connectivity index (χ4n) is 4.19. The average molecular weight is 455 g/mol. The van der Waals surface area contributed by atoms with Gasteiger partial charge in [-0.05, 0) is 36.2 Å². The summed E-state index contributed by atoms with van der Waals surface area (Å²) in [6.07, 6.45) is 0.964. The topological polar surface area (TPSA) is 88.4 Å². The Bertz CT molecular complexity index is 967. The van der Waals surface area contributed by atoms with Gasteiger partial charge in [-0.15, -0.1) is 0 Å². The fourth-order valence-corrected chi connectivity index (χ4v) is 4.19. The Hall–Kier alpha value is -3.33. The van der Waals surface area contributed by atoms with Gasteiger partial charge in [0.05, 0.1) is 18.1 Å². The highest BCUT2D eigenvalue weighted by Gasteiger charge is 2.26. The summed E-state index contributed by atoms with van der Waals surface area (Å²) < 4.78 is 11.1. The Morgan fingerprint density at radius 1 is 1.00 bits per heavy atom. The normalized spacial score (nSPS) is 16.6. The summed E-state index contributed by atoms with van der Waals surface area (Å²) in [4.78, 5) is 29.8. The number of anilines is 2. The maximum absolute atomic E-state index is 12.6. The second-order valence-corrected chi connectivity index (χ2v) is 8.18. The zero-order valence-electron chi connectivity index (χ0n) is 18.9. The van der Waals surface area contributed by atoms with Crippen LogP contribution in [0.5, 0.6) is 5.75 Å². The van der Waals surface area contributed by atoms with Crippen molar-refractivity contribution in [2.75, 3.05) is 68.9 Å². The molecule has 4 rings (SSSR count).